The van der Waals surface area contributed by atoms with E-state index in [9.17, 15) is 0 Å². The summed E-state index contributed by atoms with van der Waals surface area (Å²) in [6.07, 6.45) is 2.42. The number of hydrogen-bond acceptors (Lipinski definition) is 2. The second-order valence-electron chi connectivity index (χ2n) is 0.576. The zero-order valence-corrected chi connectivity index (χ0v) is 3.26. The van der Waals surface area contributed by atoms with Crippen LogP contribution in [0.4, 0.5) is 0 Å². The van der Waals surface area contributed by atoms with E-state index < -0.39 is 0 Å². The van der Waals surface area contributed by atoms with E-state index in [4.69, 9.17) is 5.53 Å². The summed E-state index contributed by atoms with van der Waals surface area (Å²) in [6.45, 7) is 3.26. The number of nitrogens with one attached hydrogen (secondary N) is 1. The normalized spacial score (nSPS) is 8.67. The van der Waals surface area contributed by atoms with Crippen LogP contribution in [0.25, 0.3) is 0 Å². The van der Waals surface area contributed by atoms with Gasteiger partial charge in [0, 0.05) is 6.20 Å². The number of nitrogens with zero attached hydrogens (tertiary/aromatic N) is 2. The van der Waals surface area contributed by atoms with Crippen molar-refractivity contribution in [1.82, 2.24) is 0 Å². The highest BCUT2D eigenvalue weighted by atomic mass is 15.0. The Morgan fingerprint density at radius 1 is 1.67 bits per heavy atom. The number of aliphatic imine (C=N–C) groups is 1. The maximum absolute atomic E-state index is 6.13. The van der Waals surface area contributed by atoms with Gasteiger partial charge in [-0.1, -0.05) is 6.58 Å². The minimum absolute atomic E-state index is 1.10. The maximum atomic E-state index is 6.13. The Labute approximate surface area is 35.9 Å². The summed E-state index contributed by atoms with van der Waals surface area (Å²) in [5.41, 5.74) is 6.13. The minimum atomic E-state index is 1.10. The molecule has 0 rings (SSSR count). The summed E-state index contributed by atoms with van der Waals surface area (Å²) in [6, 6.07) is 0. The van der Waals surface area contributed by atoms with Gasteiger partial charge in [-0.05, 0) is 0 Å². The molecule has 0 fully saturated rings. The van der Waals surface area contributed by atoms with Crippen LogP contribution in [0, 0.1) is 5.53 Å². The van der Waals surface area contributed by atoms with Crippen LogP contribution in [0.1, 0.15) is 0 Å². The van der Waals surface area contributed by atoms with E-state index in [2.05, 4.69) is 16.7 Å². The quantitative estimate of drug-likeness (QED) is 0.296. The molecule has 0 atom stereocenters. The predicted octanol–water partition coefficient (Wildman–Crippen LogP) is 1.19. The van der Waals surface area contributed by atoms with E-state index in [1.54, 1.807) is 0 Å². The monoisotopic (exact) mass is 83.0 g/mol. The van der Waals surface area contributed by atoms with E-state index in [0.717, 1.165) is 6.34 Å². The van der Waals surface area contributed by atoms with Crippen molar-refractivity contribution < 1.29 is 0 Å². The fourth-order valence-electron chi connectivity index (χ4n) is 0.0805. The lowest BCUT2D eigenvalue weighted by Gasteiger charge is -1.61. The Morgan fingerprint density at radius 3 is 2.50 bits per heavy atom. The first kappa shape index (κ1) is 5.01. The van der Waals surface area contributed by atoms with Crippen LogP contribution in [0.2, 0.25) is 0 Å². The predicted molar refractivity (Wildman–Crippen MR) is 23.8 cm³/mol. The smallest absolute Gasteiger partial charge is 0.137 e. The molecule has 1 N–H and O–H groups in total. The molecule has 0 radical (unpaired) electrons. The first-order valence-corrected chi connectivity index (χ1v) is 1.41. The van der Waals surface area contributed by atoms with Crippen LogP contribution in [-0.2, 0) is 0 Å². The van der Waals surface area contributed by atoms with E-state index in [0.29, 0.717) is 0 Å². The Bertz CT molecular complexity index is 64.1. The third kappa shape index (κ3) is 3.01. The van der Waals surface area contributed by atoms with E-state index in [1.807, 2.05) is 0 Å². The summed E-state index contributed by atoms with van der Waals surface area (Å²) in [5.74, 6) is 0. The first-order valence-electron chi connectivity index (χ1n) is 1.41. The Hall–Kier alpha value is -0.990. The van der Waals surface area contributed by atoms with Crippen molar-refractivity contribution in [2.45, 2.75) is 0 Å². The van der Waals surface area contributed by atoms with Gasteiger partial charge in [-0.25, -0.2) is 10.5 Å². The van der Waals surface area contributed by atoms with Crippen LogP contribution in [0.3, 0.4) is 0 Å². The van der Waals surface area contributed by atoms with Crippen LogP contribution in [0.15, 0.2) is 22.9 Å². The van der Waals surface area contributed by atoms with Crippen molar-refractivity contribution in [2.75, 3.05) is 0 Å². The molecule has 0 amide bonds. The van der Waals surface area contributed by atoms with Crippen LogP contribution in [0.5, 0.6) is 0 Å². The summed E-state index contributed by atoms with van der Waals surface area (Å²) < 4.78 is 0. The van der Waals surface area contributed by atoms with Crippen molar-refractivity contribution in [1.29, 1.82) is 5.53 Å². The molecule has 0 spiro atoms. The Morgan fingerprint density at radius 2 is 2.33 bits per heavy atom. The molecule has 0 aromatic carbocycles. The molecule has 3 nitrogen and oxygen atoms in total. The molecule has 0 aromatic heterocycles. The molecule has 0 unspecified atom stereocenters. The molecule has 0 aromatic rings. The van der Waals surface area contributed by atoms with Gasteiger partial charge >= 0.3 is 0 Å². The summed E-state index contributed by atoms with van der Waals surface area (Å²) in [5, 5.41) is 2.81. The van der Waals surface area contributed by atoms with Crippen LogP contribution >= 0.6 is 0 Å². The van der Waals surface area contributed by atoms with Crippen LogP contribution < -0.4 is 0 Å². The molecule has 0 saturated carbocycles. The molecular weight excluding hydrogens is 78.1 g/mol. The zero-order chi connectivity index (χ0) is 4.83. The Balaban J connectivity index is 3.17. The molecule has 6 heavy (non-hydrogen) atoms. The van der Waals surface area contributed by atoms with Crippen molar-refractivity contribution in [2.24, 2.45) is 10.1 Å². The maximum Gasteiger partial charge on any atom is 0.137 e. The standard InChI is InChI=1S/C3H5N3/c1-2-5-3-6-4/h2-4H,1H2. The van der Waals surface area contributed by atoms with Crippen molar-refractivity contribution in [3.05, 3.63) is 12.8 Å². The van der Waals surface area contributed by atoms with Gasteiger partial charge in [-0.3, -0.25) is 0 Å². The van der Waals surface area contributed by atoms with Gasteiger partial charge in [-0.15, -0.1) is 5.11 Å². The number of rotatable bonds is 2. The van der Waals surface area contributed by atoms with Crippen LogP contribution in [-0.4, -0.2) is 6.34 Å². The highest BCUT2D eigenvalue weighted by Gasteiger charge is 1.48. The first-order chi connectivity index (χ1) is 2.91. The van der Waals surface area contributed by atoms with E-state index in [-0.39, 0.29) is 0 Å². The lowest BCUT2D eigenvalue weighted by molar-refractivity contribution is 1.20. The lowest BCUT2D eigenvalue weighted by Crippen LogP contribution is -1.51. The molecule has 0 aliphatic heterocycles. The largest absolute Gasteiger partial charge is 0.244 e. The van der Waals surface area contributed by atoms with Gasteiger partial charge in [-0.2, -0.15) is 0 Å². The highest BCUT2D eigenvalue weighted by molar-refractivity contribution is 5.54. The molecule has 0 saturated heterocycles. The summed E-state index contributed by atoms with van der Waals surface area (Å²) in [4.78, 5) is 3.38. The fourth-order valence-corrected chi connectivity index (χ4v) is 0.0805. The van der Waals surface area contributed by atoms with Gasteiger partial charge in [0.05, 0.1) is 0 Å². The molecule has 3 heteroatoms. The summed E-state index contributed by atoms with van der Waals surface area (Å²) in [7, 11) is 0. The third-order valence-electron chi connectivity index (χ3n) is 0.230. The molecule has 0 bridgehead atoms. The van der Waals surface area contributed by atoms with Gasteiger partial charge in [0.2, 0.25) is 0 Å². The topological polar surface area (TPSA) is 48.6 Å². The van der Waals surface area contributed by atoms with Crippen molar-refractivity contribution >= 4 is 6.34 Å². The second kappa shape index (κ2) is 4.01. The highest BCUT2D eigenvalue weighted by Crippen LogP contribution is 1.61. The van der Waals surface area contributed by atoms with E-state index >= 15 is 0 Å². The zero-order valence-electron chi connectivity index (χ0n) is 3.26. The van der Waals surface area contributed by atoms with Crippen molar-refractivity contribution in [3.63, 3.8) is 0 Å². The summed E-state index contributed by atoms with van der Waals surface area (Å²) >= 11 is 0. The minimum Gasteiger partial charge on any atom is -0.244 e. The Kier molecular flexibility index (Phi) is 3.35. The number of hydrogen-bond donors (Lipinski definition) is 1. The van der Waals surface area contributed by atoms with E-state index in [1.165, 1.54) is 6.20 Å². The van der Waals surface area contributed by atoms with Gasteiger partial charge in [0.1, 0.15) is 6.34 Å². The van der Waals surface area contributed by atoms with Crippen molar-refractivity contribution in [3.8, 4) is 0 Å². The molecule has 0 aliphatic rings. The molecular formula is C3H5N3. The third-order valence-corrected chi connectivity index (χ3v) is 0.230. The van der Waals surface area contributed by atoms with Gasteiger partial charge in [0.25, 0.3) is 0 Å². The lowest BCUT2D eigenvalue weighted by atomic mass is 11.0. The fraction of sp³-hybridized carbons (Fsp3) is 0. The molecule has 32 valence electrons. The molecule has 0 heterocycles. The van der Waals surface area contributed by atoms with Gasteiger partial charge < -0.3 is 0 Å². The van der Waals surface area contributed by atoms with Gasteiger partial charge in [0.15, 0.2) is 0 Å². The average molecular weight is 83.1 g/mol. The SMILES string of the molecule is C=CN=CN=N. The molecule has 0 aliphatic carbocycles. The average Bonchev–Trinajstić information content (AvgIpc) is 1.61. The second-order valence-corrected chi connectivity index (χ2v) is 0.576.